The number of carbonyl (C=O) groups excluding carboxylic acids is 1. The molecule has 1 heterocycles. The zero-order valence-electron chi connectivity index (χ0n) is 19.7. The maximum Gasteiger partial charge on any atom is 0.419 e. The van der Waals surface area contributed by atoms with Crippen LogP contribution < -0.4 is 15.8 Å². The molecule has 4 atom stereocenters. The molecule has 1 aliphatic carbocycles. The topological polar surface area (TPSA) is 110 Å². The van der Waals surface area contributed by atoms with E-state index in [1.165, 1.54) is 22.8 Å². The van der Waals surface area contributed by atoms with Crippen molar-refractivity contribution in [3.63, 3.8) is 0 Å². The van der Waals surface area contributed by atoms with E-state index in [4.69, 9.17) is 4.42 Å². The van der Waals surface area contributed by atoms with E-state index in [1.54, 1.807) is 7.05 Å². The minimum Gasteiger partial charge on any atom is -0.408 e. The van der Waals surface area contributed by atoms with Crippen molar-refractivity contribution >= 4 is 27.0 Å². The van der Waals surface area contributed by atoms with Crippen molar-refractivity contribution in [3.8, 4) is 0 Å². The molecule has 0 spiro atoms. The van der Waals surface area contributed by atoms with Crippen molar-refractivity contribution in [2.45, 2.75) is 56.5 Å². The zero-order chi connectivity index (χ0) is 24.5. The summed E-state index contributed by atoms with van der Waals surface area (Å²) in [5, 5.41) is 3.10. The molecule has 0 radical (unpaired) electrons. The van der Waals surface area contributed by atoms with Crippen molar-refractivity contribution < 1.29 is 17.6 Å². The third-order valence-electron chi connectivity index (χ3n) is 7.01. The van der Waals surface area contributed by atoms with Crippen molar-refractivity contribution in [2.75, 3.05) is 0 Å². The molecule has 4 rings (SSSR count). The van der Waals surface area contributed by atoms with Gasteiger partial charge in [0, 0.05) is 19.2 Å². The SMILES string of the molecule is C[C@H]1[C@H](C)CCC[C@@H]1NC(=O)[C@H](Cc1ccccc1)NS(=O)(=O)c1ccc2c(c1)oc(=O)n2C. The molecule has 1 amide bonds. The van der Waals surface area contributed by atoms with Gasteiger partial charge in [-0.25, -0.2) is 13.2 Å². The van der Waals surface area contributed by atoms with Crippen LogP contribution in [-0.2, 0) is 28.3 Å². The smallest absolute Gasteiger partial charge is 0.408 e. The minimum atomic E-state index is -4.07. The fourth-order valence-corrected chi connectivity index (χ4v) is 5.85. The quantitative estimate of drug-likeness (QED) is 0.535. The summed E-state index contributed by atoms with van der Waals surface area (Å²) < 4.78 is 35.6. The van der Waals surface area contributed by atoms with E-state index in [0.29, 0.717) is 17.4 Å². The fourth-order valence-electron chi connectivity index (χ4n) is 4.64. The van der Waals surface area contributed by atoms with Gasteiger partial charge in [-0.2, -0.15) is 4.72 Å². The van der Waals surface area contributed by atoms with E-state index in [-0.39, 0.29) is 28.8 Å². The third-order valence-corrected chi connectivity index (χ3v) is 8.47. The lowest BCUT2D eigenvalue weighted by Crippen LogP contribution is -2.53. The first-order valence-corrected chi connectivity index (χ1v) is 13.1. The van der Waals surface area contributed by atoms with Crippen molar-refractivity contribution in [1.29, 1.82) is 0 Å². The number of oxazole rings is 1. The lowest BCUT2D eigenvalue weighted by Gasteiger charge is -2.35. The highest BCUT2D eigenvalue weighted by atomic mass is 32.2. The fraction of sp³-hybridized carbons (Fsp3) is 0.440. The van der Waals surface area contributed by atoms with E-state index in [9.17, 15) is 18.0 Å². The highest BCUT2D eigenvalue weighted by molar-refractivity contribution is 7.89. The van der Waals surface area contributed by atoms with E-state index >= 15 is 0 Å². The normalized spacial score (nSPS) is 21.9. The zero-order valence-corrected chi connectivity index (χ0v) is 20.5. The van der Waals surface area contributed by atoms with Gasteiger partial charge >= 0.3 is 5.76 Å². The third kappa shape index (κ3) is 5.10. The van der Waals surface area contributed by atoms with Crippen molar-refractivity contribution in [1.82, 2.24) is 14.6 Å². The number of aromatic nitrogens is 1. The lowest BCUT2D eigenvalue weighted by molar-refractivity contribution is -0.124. The van der Waals surface area contributed by atoms with Crippen molar-refractivity contribution in [2.24, 2.45) is 18.9 Å². The maximum absolute atomic E-state index is 13.3. The molecule has 1 fully saturated rings. The van der Waals surface area contributed by atoms with Crippen LogP contribution in [0.5, 0.6) is 0 Å². The highest BCUT2D eigenvalue weighted by Gasteiger charge is 2.32. The monoisotopic (exact) mass is 485 g/mol. The molecule has 0 aliphatic heterocycles. The van der Waals surface area contributed by atoms with Gasteiger partial charge in [0.15, 0.2) is 5.58 Å². The van der Waals surface area contributed by atoms with Gasteiger partial charge in [-0.3, -0.25) is 9.36 Å². The Morgan fingerprint density at radius 1 is 1.15 bits per heavy atom. The Bertz CT molecular complexity index is 1330. The summed E-state index contributed by atoms with van der Waals surface area (Å²) in [5.41, 5.74) is 1.51. The molecule has 0 saturated heterocycles. The number of nitrogens with zero attached hydrogens (tertiary/aromatic N) is 1. The Morgan fingerprint density at radius 3 is 2.62 bits per heavy atom. The molecule has 8 nitrogen and oxygen atoms in total. The second kappa shape index (κ2) is 9.76. The van der Waals surface area contributed by atoms with Crippen LogP contribution in [0.1, 0.15) is 38.7 Å². The van der Waals surface area contributed by atoms with Gasteiger partial charge in [-0.1, -0.05) is 57.0 Å². The summed E-state index contributed by atoms with van der Waals surface area (Å²) in [6.07, 6.45) is 3.26. The molecule has 9 heteroatoms. The highest BCUT2D eigenvalue weighted by Crippen LogP contribution is 2.29. The molecular formula is C25H31N3O5S. The summed E-state index contributed by atoms with van der Waals surface area (Å²) in [7, 11) is -2.52. The molecule has 182 valence electrons. The first-order chi connectivity index (χ1) is 16.2. The van der Waals surface area contributed by atoms with Crippen LogP contribution >= 0.6 is 0 Å². The predicted octanol–water partition coefficient (Wildman–Crippen LogP) is 2.96. The van der Waals surface area contributed by atoms with Crippen LogP contribution in [0.4, 0.5) is 0 Å². The number of hydrogen-bond acceptors (Lipinski definition) is 5. The van der Waals surface area contributed by atoms with Crippen LogP contribution in [0.3, 0.4) is 0 Å². The molecule has 0 unspecified atom stereocenters. The second-order valence-electron chi connectivity index (χ2n) is 9.30. The van der Waals surface area contributed by atoms with Crippen molar-refractivity contribution in [3.05, 3.63) is 64.6 Å². The summed E-state index contributed by atoms with van der Waals surface area (Å²) in [6.45, 7) is 4.32. The van der Waals surface area contributed by atoms with E-state index < -0.39 is 21.8 Å². The number of aryl methyl sites for hydroxylation is 1. The van der Waals surface area contributed by atoms with E-state index in [0.717, 1.165) is 24.8 Å². The standard InChI is InChI=1S/C25H31N3O5S/c1-16-8-7-11-20(17(16)2)26-24(29)21(14-18-9-5-4-6-10-18)27-34(31,32)19-12-13-22-23(15-19)33-25(30)28(22)3/h4-6,9-10,12-13,15-17,20-21,27H,7-8,11,14H2,1-3H3,(H,26,29)/t16-,17+,20+,21+/m1/s1. The summed E-state index contributed by atoms with van der Waals surface area (Å²) >= 11 is 0. The first kappa shape index (κ1) is 24.2. The van der Waals surface area contributed by atoms with Gasteiger partial charge < -0.3 is 9.73 Å². The average Bonchev–Trinajstić information content (AvgIpc) is 3.10. The molecule has 1 aromatic heterocycles. The largest absolute Gasteiger partial charge is 0.419 e. The number of nitrogens with one attached hydrogen (secondary N) is 2. The number of benzene rings is 2. The van der Waals surface area contributed by atoms with E-state index in [1.807, 2.05) is 30.3 Å². The molecule has 2 N–H and O–H groups in total. The van der Waals surface area contributed by atoms with Gasteiger partial charge in [-0.15, -0.1) is 0 Å². The van der Waals surface area contributed by atoms with Crippen LogP contribution in [0.15, 0.2) is 62.6 Å². The number of fused-ring (bicyclic) bond motifs is 1. The second-order valence-corrected chi connectivity index (χ2v) is 11.0. The number of rotatable bonds is 7. The molecular weight excluding hydrogens is 454 g/mol. The van der Waals surface area contributed by atoms with Crippen LogP contribution in [0.2, 0.25) is 0 Å². The van der Waals surface area contributed by atoms with Gasteiger partial charge in [-0.05, 0) is 42.4 Å². The maximum atomic E-state index is 13.3. The van der Waals surface area contributed by atoms with Gasteiger partial charge in [0.25, 0.3) is 0 Å². The Hall–Kier alpha value is -2.91. The van der Waals surface area contributed by atoms with Gasteiger partial charge in [0.1, 0.15) is 6.04 Å². The molecule has 34 heavy (non-hydrogen) atoms. The molecule has 0 bridgehead atoms. The van der Waals surface area contributed by atoms with Gasteiger partial charge in [0.05, 0.1) is 10.4 Å². The van der Waals surface area contributed by atoms with Crippen LogP contribution in [0.25, 0.3) is 11.1 Å². The lowest BCUT2D eigenvalue weighted by atomic mass is 9.78. The molecule has 1 aliphatic rings. The Kier molecular flexibility index (Phi) is 6.95. The number of sulfonamides is 1. The summed E-state index contributed by atoms with van der Waals surface area (Å²) in [5.74, 6) is -0.106. The van der Waals surface area contributed by atoms with Crippen LogP contribution in [0, 0.1) is 11.8 Å². The number of amides is 1. The minimum absolute atomic E-state index is 0.00831. The molecule has 2 aromatic carbocycles. The Balaban J connectivity index is 1.60. The Morgan fingerprint density at radius 2 is 1.88 bits per heavy atom. The number of carbonyl (C=O) groups is 1. The molecule has 3 aromatic rings. The molecule has 1 saturated carbocycles. The summed E-state index contributed by atoms with van der Waals surface area (Å²) in [4.78, 5) is 25.1. The van der Waals surface area contributed by atoms with Gasteiger partial charge in [0.2, 0.25) is 15.9 Å². The average molecular weight is 486 g/mol. The predicted molar refractivity (Wildman–Crippen MR) is 130 cm³/mol. The Labute approximate surface area is 199 Å². The first-order valence-electron chi connectivity index (χ1n) is 11.6. The van der Waals surface area contributed by atoms with Crippen LogP contribution in [-0.4, -0.2) is 31.0 Å². The number of hydrogen-bond donors (Lipinski definition) is 2. The van der Waals surface area contributed by atoms with E-state index in [2.05, 4.69) is 23.9 Å². The summed E-state index contributed by atoms with van der Waals surface area (Å²) in [6, 6.07) is 12.6.